The molecular weight excluding hydrogens is 553 g/mol. The zero-order valence-electron chi connectivity index (χ0n) is 18.1. The topological polar surface area (TPSA) is 7.76 Å². The van der Waals surface area contributed by atoms with Gasteiger partial charge < -0.3 is 41.2 Å². The lowest BCUT2D eigenvalue weighted by Gasteiger charge is -2.00. The molecule has 4 aromatic rings. The Bertz CT molecular complexity index is 1060. The van der Waals surface area contributed by atoms with Crippen molar-refractivity contribution in [1.29, 1.82) is 0 Å². The molecule has 32 heavy (non-hydrogen) atoms. The summed E-state index contributed by atoms with van der Waals surface area (Å²) in [6.07, 6.45) is 4.17. The first-order valence-electron chi connectivity index (χ1n) is 9.97. The van der Waals surface area contributed by atoms with E-state index in [9.17, 15) is 17.3 Å². The van der Waals surface area contributed by atoms with Crippen LogP contribution in [0.15, 0.2) is 73.1 Å². The van der Waals surface area contributed by atoms with Crippen molar-refractivity contribution >= 4 is 40.7 Å². The molecule has 0 unspecified atom stereocenters. The Labute approximate surface area is 208 Å². The van der Waals surface area contributed by atoms with E-state index in [1.807, 2.05) is 30.5 Å². The van der Waals surface area contributed by atoms with E-state index in [1.54, 1.807) is 0 Å². The molecule has 2 heterocycles. The lowest BCUT2D eigenvalue weighted by Crippen LogP contribution is -3.00. The van der Waals surface area contributed by atoms with Gasteiger partial charge in [0, 0.05) is 29.7 Å². The predicted molar refractivity (Wildman–Crippen MR) is 120 cm³/mol. The number of pyridine rings is 2. The van der Waals surface area contributed by atoms with E-state index in [-0.39, 0.29) is 24.0 Å². The fourth-order valence-corrected chi connectivity index (χ4v) is 3.45. The van der Waals surface area contributed by atoms with Gasteiger partial charge in [0.25, 0.3) is 0 Å². The van der Waals surface area contributed by atoms with Crippen molar-refractivity contribution in [2.45, 2.75) is 33.9 Å². The summed E-state index contributed by atoms with van der Waals surface area (Å²) >= 11 is 6.07. The number of benzene rings is 2. The quantitative estimate of drug-likeness (QED) is 0.149. The van der Waals surface area contributed by atoms with Gasteiger partial charge in [0.2, 0.25) is 11.0 Å². The third-order valence-electron chi connectivity index (χ3n) is 4.70. The molecule has 2 aromatic heterocycles. The molecule has 172 valence electrons. The highest BCUT2D eigenvalue weighted by molar-refractivity contribution is 6.50. The van der Waals surface area contributed by atoms with E-state index in [1.165, 1.54) is 22.0 Å². The van der Waals surface area contributed by atoms with Crippen LogP contribution in [0.25, 0.3) is 21.8 Å². The van der Waals surface area contributed by atoms with Crippen LogP contribution in [-0.4, -0.2) is 7.25 Å². The summed E-state index contributed by atoms with van der Waals surface area (Å²) < 4.78 is 43.4. The molecule has 0 atom stereocenters. The van der Waals surface area contributed by atoms with Crippen LogP contribution >= 0.6 is 11.6 Å². The van der Waals surface area contributed by atoms with Crippen molar-refractivity contribution in [2.24, 2.45) is 0 Å². The summed E-state index contributed by atoms with van der Waals surface area (Å²) in [7, 11) is -6.00. The van der Waals surface area contributed by atoms with Gasteiger partial charge in [0.05, 0.1) is 10.4 Å². The van der Waals surface area contributed by atoms with Crippen molar-refractivity contribution in [2.75, 3.05) is 0 Å². The van der Waals surface area contributed by atoms with Crippen LogP contribution in [0.2, 0.25) is 5.02 Å². The first-order valence-corrected chi connectivity index (χ1v) is 10.3. The third kappa shape index (κ3) is 8.20. The van der Waals surface area contributed by atoms with Crippen LogP contribution in [-0.2, 0) is 13.1 Å². The molecule has 2 nitrogen and oxygen atoms in total. The zero-order valence-corrected chi connectivity index (χ0v) is 21.0. The predicted octanol–water partition coefficient (Wildman–Crippen LogP) is 3.56. The molecule has 0 spiro atoms. The highest BCUT2D eigenvalue weighted by Gasteiger charge is 2.20. The maximum atomic E-state index is 9.75. The van der Waals surface area contributed by atoms with E-state index in [0.29, 0.717) is 0 Å². The monoisotopic (exact) mass is 578 g/mol. The van der Waals surface area contributed by atoms with Crippen molar-refractivity contribution in [1.82, 2.24) is 0 Å². The highest BCUT2D eigenvalue weighted by atomic mass is 127. The molecular formula is C23H25BClF4IN2. The standard InChI is InChI=1S/C12H14N.C11H11ClN.BF4.HI/c1-3-13-9-8-10(2)11-6-4-5-7-12(11)13;1-2-13-8-7-10(12)9-5-3-4-6-11(9)13;2-1(3,4)5;/h4-9H,3H2,1-2H3;3-8H,2H2,1H3;;1H/q2*+1;-1;/p-1. The van der Waals surface area contributed by atoms with E-state index in [2.05, 4.69) is 72.5 Å². The minimum absolute atomic E-state index is 0. The average molecular weight is 579 g/mol. The number of fused-ring (bicyclic) bond motifs is 2. The van der Waals surface area contributed by atoms with Crippen LogP contribution < -0.4 is 33.1 Å². The second-order valence-electron chi connectivity index (χ2n) is 6.76. The van der Waals surface area contributed by atoms with Crippen molar-refractivity contribution in [3.05, 3.63) is 83.6 Å². The summed E-state index contributed by atoms with van der Waals surface area (Å²) in [6, 6.07) is 20.8. The number of nitrogens with zero attached hydrogens (tertiary/aromatic N) is 2. The summed E-state index contributed by atoms with van der Waals surface area (Å²) in [5, 5.41) is 3.29. The second kappa shape index (κ2) is 12.9. The van der Waals surface area contributed by atoms with Gasteiger partial charge >= 0.3 is 7.25 Å². The van der Waals surface area contributed by atoms with E-state index < -0.39 is 7.25 Å². The summed E-state index contributed by atoms with van der Waals surface area (Å²) in [4.78, 5) is 0. The third-order valence-corrected chi connectivity index (χ3v) is 5.03. The number of hydrogen-bond acceptors (Lipinski definition) is 0. The Morgan fingerprint density at radius 3 is 1.62 bits per heavy atom. The number of halogens is 6. The second-order valence-corrected chi connectivity index (χ2v) is 7.17. The number of para-hydroxylation sites is 2. The van der Waals surface area contributed by atoms with Gasteiger partial charge in [0.15, 0.2) is 12.4 Å². The fourth-order valence-electron chi connectivity index (χ4n) is 3.23. The maximum Gasteiger partial charge on any atom is 0.673 e. The molecule has 0 amide bonds. The van der Waals surface area contributed by atoms with Crippen LogP contribution in [0.1, 0.15) is 19.4 Å². The molecule has 0 N–H and O–H groups in total. The Kier molecular flexibility index (Phi) is 11.4. The molecule has 0 aliphatic carbocycles. The van der Waals surface area contributed by atoms with Gasteiger partial charge in [-0.25, -0.2) is 0 Å². The normalized spacial score (nSPS) is 10.5. The SMILES string of the molecule is CC[n+]1ccc(C)c2ccccc21.CC[n+]1ccc(Cl)c2ccccc21.F[B-](F)(F)F.[I-]. The van der Waals surface area contributed by atoms with Crippen molar-refractivity contribution in [3.63, 3.8) is 0 Å². The van der Waals surface area contributed by atoms with Crippen LogP contribution in [0.4, 0.5) is 17.3 Å². The van der Waals surface area contributed by atoms with E-state index in [0.717, 1.165) is 23.5 Å². The molecule has 0 radical (unpaired) electrons. The number of rotatable bonds is 2. The Balaban J connectivity index is 0.000000259. The first-order chi connectivity index (χ1) is 14.7. The minimum atomic E-state index is -6.00. The lowest BCUT2D eigenvalue weighted by atomic mass is 10.1. The van der Waals surface area contributed by atoms with Gasteiger partial charge in [-0.15, -0.1) is 0 Å². The smallest absolute Gasteiger partial charge is 0.673 e. The fraction of sp³-hybridized carbons (Fsp3) is 0.217. The van der Waals surface area contributed by atoms with Crippen LogP contribution in [0.3, 0.4) is 0 Å². The first kappa shape index (κ1) is 28.1. The molecule has 0 aliphatic heterocycles. The highest BCUT2D eigenvalue weighted by Crippen LogP contribution is 2.19. The maximum absolute atomic E-state index is 9.75. The van der Waals surface area contributed by atoms with Gasteiger partial charge in [-0.05, 0) is 38.5 Å². The Morgan fingerprint density at radius 2 is 1.12 bits per heavy atom. The lowest BCUT2D eigenvalue weighted by molar-refractivity contribution is -0.668. The van der Waals surface area contributed by atoms with Gasteiger partial charge in [-0.2, -0.15) is 9.13 Å². The van der Waals surface area contributed by atoms with Gasteiger partial charge in [-0.1, -0.05) is 35.9 Å². The number of aryl methyl sites for hydroxylation is 3. The van der Waals surface area contributed by atoms with Gasteiger partial charge in [0.1, 0.15) is 13.1 Å². The Morgan fingerprint density at radius 1 is 0.719 bits per heavy atom. The number of hydrogen-bond donors (Lipinski definition) is 0. The van der Waals surface area contributed by atoms with E-state index >= 15 is 0 Å². The van der Waals surface area contributed by atoms with Crippen LogP contribution in [0.5, 0.6) is 0 Å². The van der Waals surface area contributed by atoms with Crippen molar-refractivity contribution in [3.8, 4) is 0 Å². The average Bonchev–Trinajstić information content (AvgIpc) is 2.74. The summed E-state index contributed by atoms with van der Waals surface area (Å²) in [6.45, 7) is 8.45. The van der Waals surface area contributed by atoms with Crippen molar-refractivity contribution < 1.29 is 50.4 Å². The zero-order chi connectivity index (χ0) is 23.0. The Hall–Kier alpha value is -1.94. The van der Waals surface area contributed by atoms with Gasteiger partial charge in [-0.3, -0.25) is 0 Å². The number of aromatic nitrogens is 2. The van der Waals surface area contributed by atoms with E-state index in [4.69, 9.17) is 11.6 Å². The molecule has 0 fully saturated rings. The molecule has 0 saturated heterocycles. The molecule has 4 rings (SSSR count). The van der Waals surface area contributed by atoms with Crippen LogP contribution in [0, 0.1) is 6.92 Å². The summed E-state index contributed by atoms with van der Waals surface area (Å²) in [5.74, 6) is 0. The molecule has 0 saturated carbocycles. The minimum Gasteiger partial charge on any atom is -1.00 e. The molecule has 0 aliphatic rings. The largest absolute Gasteiger partial charge is 1.00 e. The molecule has 0 bridgehead atoms. The molecule has 2 aromatic carbocycles. The molecule has 9 heteroatoms. The summed E-state index contributed by atoms with van der Waals surface area (Å²) in [5.41, 5.74) is 3.86.